The first kappa shape index (κ1) is 7.94. The van der Waals surface area contributed by atoms with E-state index in [4.69, 9.17) is 11.3 Å². The summed E-state index contributed by atoms with van der Waals surface area (Å²) < 4.78 is 13.6. The molecule has 1 aromatic heterocycles. The highest BCUT2D eigenvalue weighted by Crippen LogP contribution is 2.46. The molecule has 74 valence electrons. The number of fused-ring (bicyclic) bond motifs is 1. The number of hydrogen-bond acceptors (Lipinski definition) is 2. The van der Waals surface area contributed by atoms with Crippen molar-refractivity contribution in [3.63, 3.8) is 0 Å². The molecule has 0 radical (unpaired) electrons. The van der Waals surface area contributed by atoms with Crippen molar-refractivity contribution in [2.24, 2.45) is 10.5 Å². The summed E-state index contributed by atoms with van der Waals surface area (Å²) in [6.07, 6.45) is 3.15. The maximum Gasteiger partial charge on any atom is 0.107 e. The summed E-state index contributed by atoms with van der Waals surface area (Å²) in [7, 11) is 0. The van der Waals surface area contributed by atoms with Crippen molar-refractivity contribution in [3.05, 3.63) is 34.1 Å². The van der Waals surface area contributed by atoms with Gasteiger partial charge >= 0.3 is 0 Å². The maximum atomic E-state index is 8.59. The summed E-state index contributed by atoms with van der Waals surface area (Å²) in [5.41, 5.74) is 8.93. The number of rotatable bonds is 1. The van der Waals surface area contributed by atoms with Crippen LogP contribution in [0.3, 0.4) is 0 Å². The molecular weight excluding hydrogens is 178 g/mol. The Hall–Kier alpha value is -1.41. The van der Waals surface area contributed by atoms with E-state index in [0.717, 1.165) is 18.6 Å². The summed E-state index contributed by atoms with van der Waals surface area (Å²) in [5, 5.41) is 3.67. The largest absolute Gasteiger partial charge is 0.469 e. The van der Waals surface area contributed by atoms with Gasteiger partial charge < -0.3 is 4.42 Å². The van der Waals surface area contributed by atoms with E-state index in [-0.39, 0.29) is 5.41 Å². The van der Waals surface area contributed by atoms with E-state index >= 15 is 0 Å². The zero-order valence-electron chi connectivity index (χ0n) is 9.32. The van der Waals surface area contributed by atoms with Gasteiger partial charge in [0.2, 0.25) is 0 Å². The second-order valence-corrected chi connectivity index (χ2v) is 4.18. The zero-order chi connectivity index (χ0) is 11.1. The molecule has 1 heterocycles. The number of azide groups is 1. The molecule has 1 aliphatic carbocycles. The topological polar surface area (TPSA) is 61.9 Å². The highest BCUT2D eigenvalue weighted by molar-refractivity contribution is 5.27. The molecule has 0 fully saturated rings. The average molecular weight is 192 g/mol. The molecule has 0 N–H and O–H groups in total. The van der Waals surface area contributed by atoms with Gasteiger partial charge in [0, 0.05) is 18.3 Å². The van der Waals surface area contributed by atoms with Gasteiger partial charge in [0.15, 0.2) is 0 Å². The SMILES string of the molecule is [2H]C1(N=[N+]=[N-])c2ccoc2CCC1(C)C. The molecule has 14 heavy (non-hydrogen) atoms. The van der Waals surface area contributed by atoms with Crippen molar-refractivity contribution in [2.45, 2.75) is 32.7 Å². The first-order valence-corrected chi connectivity index (χ1v) is 4.64. The molecule has 0 saturated heterocycles. The van der Waals surface area contributed by atoms with Gasteiger partial charge in [-0.2, -0.15) is 0 Å². The molecule has 1 atom stereocenters. The van der Waals surface area contributed by atoms with Crippen LogP contribution in [0.2, 0.25) is 0 Å². The Balaban J connectivity index is 2.63. The third-order valence-corrected chi connectivity index (χ3v) is 2.76. The number of furan rings is 1. The van der Waals surface area contributed by atoms with Crippen LogP contribution in [0.15, 0.2) is 21.9 Å². The van der Waals surface area contributed by atoms with Crippen molar-refractivity contribution in [2.75, 3.05) is 0 Å². The van der Waals surface area contributed by atoms with E-state index in [0.29, 0.717) is 5.56 Å². The molecule has 0 saturated carbocycles. The highest BCUT2D eigenvalue weighted by Gasteiger charge is 2.36. The minimum Gasteiger partial charge on any atom is -0.469 e. The fraction of sp³-hybridized carbons (Fsp3) is 0.600. The van der Waals surface area contributed by atoms with Crippen LogP contribution >= 0.6 is 0 Å². The minimum absolute atomic E-state index is 0.365. The molecule has 4 heteroatoms. The first-order valence-electron chi connectivity index (χ1n) is 5.14. The Morgan fingerprint density at radius 3 is 3.29 bits per heavy atom. The van der Waals surface area contributed by atoms with Crippen LogP contribution in [0.25, 0.3) is 10.4 Å². The van der Waals surface area contributed by atoms with Crippen LogP contribution in [0.4, 0.5) is 0 Å². The Morgan fingerprint density at radius 1 is 1.79 bits per heavy atom. The van der Waals surface area contributed by atoms with Crippen LogP contribution < -0.4 is 0 Å². The van der Waals surface area contributed by atoms with Gasteiger partial charge in [-0.3, -0.25) is 0 Å². The van der Waals surface area contributed by atoms with Gasteiger partial charge in [0.25, 0.3) is 0 Å². The lowest BCUT2D eigenvalue weighted by atomic mass is 9.73. The molecule has 4 nitrogen and oxygen atoms in total. The fourth-order valence-electron chi connectivity index (χ4n) is 1.89. The number of aryl methyl sites for hydroxylation is 1. The summed E-state index contributed by atoms with van der Waals surface area (Å²) in [5.74, 6) is 0.775. The van der Waals surface area contributed by atoms with Crippen LogP contribution in [0.5, 0.6) is 0 Å². The van der Waals surface area contributed by atoms with E-state index in [9.17, 15) is 0 Å². The number of hydrogen-bond donors (Lipinski definition) is 0. The Labute approximate surface area is 83.9 Å². The van der Waals surface area contributed by atoms with E-state index in [2.05, 4.69) is 10.0 Å². The van der Waals surface area contributed by atoms with Crippen molar-refractivity contribution in [3.8, 4) is 0 Å². The molecule has 1 unspecified atom stereocenters. The lowest BCUT2D eigenvalue weighted by molar-refractivity contribution is 0.236. The average Bonchev–Trinajstić information content (AvgIpc) is 2.62. The minimum atomic E-state index is -1.25. The third kappa shape index (κ3) is 1.28. The molecule has 0 bridgehead atoms. The van der Waals surface area contributed by atoms with Crippen LogP contribution in [0.1, 0.15) is 39.0 Å². The normalized spacial score (nSPS) is 30.0. The zero-order valence-corrected chi connectivity index (χ0v) is 8.32. The third-order valence-electron chi connectivity index (χ3n) is 2.76. The van der Waals surface area contributed by atoms with Crippen molar-refractivity contribution in [1.29, 1.82) is 0 Å². The van der Waals surface area contributed by atoms with Crippen LogP contribution in [0, 0.1) is 5.41 Å². The van der Waals surface area contributed by atoms with Gasteiger partial charge in [-0.1, -0.05) is 19.0 Å². The molecule has 2 rings (SSSR count). The summed E-state index contributed by atoms with van der Waals surface area (Å²) >= 11 is 0. The predicted octanol–water partition coefficient (Wildman–Crippen LogP) is 3.60. The van der Waals surface area contributed by atoms with Crippen LogP contribution in [-0.4, -0.2) is 0 Å². The van der Waals surface area contributed by atoms with Crippen molar-refractivity contribution < 1.29 is 5.79 Å². The smallest absolute Gasteiger partial charge is 0.107 e. The summed E-state index contributed by atoms with van der Waals surface area (Å²) in [6.45, 7) is 3.90. The molecular formula is C10H13N3O. The summed E-state index contributed by atoms with van der Waals surface area (Å²) in [4.78, 5) is 2.80. The Kier molecular flexibility index (Phi) is 1.74. The molecule has 0 amide bonds. The summed E-state index contributed by atoms with van der Waals surface area (Å²) in [6, 6.07) is 0.486. The first-order chi connectivity index (χ1) is 7.01. The molecule has 1 aromatic rings. The van der Waals surface area contributed by atoms with E-state index in [1.807, 2.05) is 13.8 Å². The van der Waals surface area contributed by atoms with Crippen molar-refractivity contribution >= 4 is 0 Å². The van der Waals surface area contributed by atoms with Gasteiger partial charge in [0.05, 0.1) is 12.3 Å². The standard InChI is InChI=1S/C10H13N3O/c1-10(2)5-3-8-7(4-6-14-8)9(10)12-13-11/h4,6,9H,3,5H2,1-2H3/i9D. The molecule has 0 spiro atoms. The molecule has 0 aromatic carbocycles. The quantitative estimate of drug-likeness (QED) is 0.381. The second kappa shape index (κ2) is 3.07. The fourth-order valence-corrected chi connectivity index (χ4v) is 1.89. The predicted molar refractivity (Wildman–Crippen MR) is 52.7 cm³/mol. The van der Waals surface area contributed by atoms with Gasteiger partial charge in [-0.05, 0) is 23.4 Å². The molecule has 0 aliphatic heterocycles. The van der Waals surface area contributed by atoms with E-state index in [1.165, 1.54) is 0 Å². The Bertz CT molecular complexity index is 434. The monoisotopic (exact) mass is 192 g/mol. The van der Waals surface area contributed by atoms with Gasteiger partial charge in [0.1, 0.15) is 5.76 Å². The highest BCUT2D eigenvalue weighted by atomic mass is 16.3. The maximum absolute atomic E-state index is 8.59. The molecule has 1 aliphatic rings. The van der Waals surface area contributed by atoms with E-state index < -0.39 is 6.02 Å². The Morgan fingerprint density at radius 2 is 2.57 bits per heavy atom. The number of nitrogens with zero attached hydrogens (tertiary/aromatic N) is 3. The van der Waals surface area contributed by atoms with Gasteiger partial charge in [-0.15, -0.1) is 0 Å². The van der Waals surface area contributed by atoms with Gasteiger partial charge in [-0.25, -0.2) is 0 Å². The van der Waals surface area contributed by atoms with Crippen LogP contribution in [-0.2, 0) is 6.42 Å². The second-order valence-electron chi connectivity index (χ2n) is 4.18. The van der Waals surface area contributed by atoms with Crippen molar-refractivity contribution in [1.82, 2.24) is 0 Å². The van der Waals surface area contributed by atoms with E-state index in [1.54, 1.807) is 12.3 Å². The lowest BCUT2D eigenvalue weighted by Gasteiger charge is -2.34. The lowest BCUT2D eigenvalue weighted by Crippen LogP contribution is -2.25.